The van der Waals surface area contributed by atoms with Gasteiger partial charge in [0.15, 0.2) is 0 Å². The molecule has 0 radical (unpaired) electrons. The Hall–Kier alpha value is -2.71. The number of sulfonamides is 1. The molecule has 160 valence electrons. The minimum absolute atomic E-state index is 0.100. The topological polar surface area (TPSA) is 91.4 Å². The Kier molecular flexibility index (Phi) is 7.23. The molecule has 30 heavy (non-hydrogen) atoms. The molecule has 8 heteroatoms. The highest BCUT2D eigenvalue weighted by atomic mass is 32.2. The summed E-state index contributed by atoms with van der Waals surface area (Å²) in [6.45, 7) is 7.04. The van der Waals surface area contributed by atoms with E-state index in [1.54, 1.807) is 24.3 Å². The molecule has 0 unspecified atom stereocenters. The lowest BCUT2D eigenvalue weighted by Crippen LogP contribution is -2.44. The maximum Gasteiger partial charge on any atom is 0.261 e. The van der Waals surface area contributed by atoms with Crippen molar-refractivity contribution in [1.29, 1.82) is 0 Å². The van der Waals surface area contributed by atoms with Crippen LogP contribution in [0.1, 0.15) is 37.0 Å². The van der Waals surface area contributed by atoms with Gasteiger partial charge in [0.25, 0.3) is 15.9 Å². The summed E-state index contributed by atoms with van der Waals surface area (Å²) >= 11 is 0. The van der Waals surface area contributed by atoms with Gasteiger partial charge in [-0.1, -0.05) is 11.6 Å². The number of allylic oxidation sites excluding steroid dienone is 1. The smallest absolute Gasteiger partial charge is 0.261 e. The van der Waals surface area contributed by atoms with Crippen LogP contribution in [0, 0.1) is 0 Å². The van der Waals surface area contributed by atoms with E-state index in [1.165, 1.54) is 30.1 Å². The average molecular weight is 429 g/mol. The SMILES string of the molecule is CC(C)=CCN1CCC(NC(=O)c2ccc(S(=O)(=O)Nc3ccncc3)cc2)CC1. The predicted molar refractivity (Wildman–Crippen MR) is 118 cm³/mol. The standard InChI is InChI=1S/C22H28N4O3S/c1-17(2)9-14-26-15-10-19(11-16-26)24-22(27)18-3-5-21(6-4-18)30(28,29)25-20-7-12-23-13-8-20/h3-9,12-13,19H,10-11,14-16H2,1-2H3,(H,23,25)(H,24,27). The molecule has 1 aliphatic rings. The number of anilines is 1. The Labute approximate surface area is 178 Å². The molecule has 0 saturated carbocycles. The highest BCUT2D eigenvalue weighted by Gasteiger charge is 2.21. The summed E-state index contributed by atoms with van der Waals surface area (Å²) in [6.07, 6.45) is 7.06. The second-order valence-corrected chi connectivity index (χ2v) is 9.38. The number of likely N-dealkylation sites (tertiary alicyclic amines) is 1. The zero-order valence-electron chi connectivity index (χ0n) is 17.3. The largest absolute Gasteiger partial charge is 0.349 e. The van der Waals surface area contributed by atoms with Crippen LogP contribution >= 0.6 is 0 Å². The third-order valence-electron chi connectivity index (χ3n) is 5.04. The zero-order chi connectivity index (χ0) is 21.6. The molecular formula is C22H28N4O3S. The number of carbonyl (C=O) groups is 1. The van der Waals surface area contributed by atoms with Crippen LogP contribution in [0.25, 0.3) is 0 Å². The fraction of sp³-hybridized carbons (Fsp3) is 0.364. The number of rotatable bonds is 7. The lowest BCUT2D eigenvalue weighted by Gasteiger charge is -2.31. The van der Waals surface area contributed by atoms with Crippen LogP contribution in [-0.2, 0) is 10.0 Å². The Morgan fingerprint density at radius 3 is 2.33 bits per heavy atom. The first-order valence-corrected chi connectivity index (χ1v) is 11.5. The molecule has 1 aliphatic heterocycles. The molecule has 1 aromatic heterocycles. The average Bonchev–Trinajstić information content (AvgIpc) is 2.73. The molecule has 1 aromatic carbocycles. The van der Waals surface area contributed by atoms with Crippen LogP contribution in [0.15, 0.2) is 65.3 Å². The maximum absolute atomic E-state index is 12.6. The van der Waals surface area contributed by atoms with Gasteiger partial charge in [0, 0.05) is 43.6 Å². The van der Waals surface area contributed by atoms with E-state index in [0.29, 0.717) is 11.3 Å². The lowest BCUT2D eigenvalue weighted by atomic mass is 10.0. The van der Waals surface area contributed by atoms with Gasteiger partial charge < -0.3 is 5.32 Å². The number of piperidine rings is 1. The summed E-state index contributed by atoms with van der Waals surface area (Å²) in [5.41, 5.74) is 2.19. The number of pyridine rings is 1. The van der Waals surface area contributed by atoms with Crippen molar-refractivity contribution in [2.75, 3.05) is 24.4 Å². The quantitative estimate of drug-likeness (QED) is 0.662. The fourth-order valence-electron chi connectivity index (χ4n) is 3.26. The molecule has 0 aliphatic carbocycles. The fourth-order valence-corrected chi connectivity index (χ4v) is 4.32. The lowest BCUT2D eigenvalue weighted by molar-refractivity contribution is 0.0914. The minimum Gasteiger partial charge on any atom is -0.349 e. The van der Waals surface area contributed by atoms with E-state index in [9.17, 15) is 13.2 Å². The number of nitrogens with one attached hydrogen (secondary N) is 2. The number of nitrogens with zero attached hydrogens (tertiary/aromatic N) is 2. The van der Waals surface area contributed by atoms with E-state index in [2.05, 4.69) is 39.8 Å². The van der Waals surface area contributed by atoms with Gasteiger partial charge in [0.2, 0.25) is 0 Å². The van der Waals surface area contributed by atoms with Gasteiger partial charge in [-0.15, -0.1) is 0 Å². The highest BCUT2D eigenvalue weighted by molar-refractivity contribution is 7.92. The molecule has 1 saturated heterocycles. The van der Waals surface area contributed by atoms with Crippen LogP contribution in [0.3, 0.4) is 0 Å². The first kappa shape index (κ1) is 22.0. The molecule has 1 amide bonds. The summed E-state index contributed by atoms with van der Waals surface area (Å²) in [5.74, 6) is -0.177. The normalized spacial score (nSPS) is 15.4. The van der Waals surface area contributed by atoms with Crippen molar-refractivity contribution in [2.45, 2.75) is 37.6 Å². The highest BCUT2D eigenvalue weighted by Crippen LogP contribution is 2.17. The van der Waals surface area contributed by atoms with E-state index >= 15 is 0 Å². The summed E-state index contributed by atoms with van der Waals surface area (Å²) in [7, 11) is -3.72. The molecule has 0 bridgehead atoms. The number of hydrogen-bond acceptors (Lipinski definition) is 5. The number of benzene rings is 1. The van der Waals surface area contributed by atoms with E-state index < -0.39 is 10.0 Å². The molecule has 3 rings (SSSR count). The molecule has 0 atom stereocenters. The second-order valence-electron chi connectivity index (χ2n) is 7.70. The minimum atomic E-state index is -3.72. The van der Waals surface area contributed by atoms with Gasteiger partial charge in [-0.2, -0.15) is 0 Å². The first-order chi connectivity index (χ1) is 14.3. The van der Waals surface area contributed by atoms with Crippen molar-refractivity contribution in [2.24, 2.45) is 0 Å². The van der Waals surface area contributed by atoms with E-state index in [0.717, 1.165) is 32.5 Å². The molecule has 2 N–H and O–H groups in total. The molecule has 1 fully saturated rings. The number of aromatic nitrogens is 1. The van der Waals surface area contributed by atoms with E-state index in [4.69, 9.17) is 0 Å². The van der Waals surface area contributed by atoms with E-state index in [-0.39, 0.29) is 16.8 Å². The first-order valence-electron chi connectivity index (χ1n) is 10.0. The molecule has 2 aromatic rings. The molecule has 7 nitrogen and oxygen atoms in total. The monoisotopic (exact) mass is 428 g/mol. The summed E-state index contributed by atoms with van der Waals surface area (Å²) in [5, 5.41) is 3.07. The van der Waals surface area contributed by atoms with Crippen LogP contribution in [0.5, 0.6) is 0 Å². The van der Waals surface area contributed by atoms with Crippen LogP contribution in [0.2, 0.25) is 0 Å². The van der Waals surface area contributed by atoms with Gasteiger partial charge in [0.1, 0.15) is 0 Å². The molecular weight excluding hydrogens is 400 g/mol. The summed E-state index contributed by atoms with van der Waals surface area (Å²) in [4.78, 5) is 18.9. The number of hydrogen-bond donors (Lipinski definition) is 2. The van der Waals surface area contributed by atoms with Crippen molar-refractivity contribution < 1.29 is 13.2 Å². The summed E-state index contributed by atoms with van der Waals surface area (Å²) in [6, 6.07) is 9.26. The summed E-state index contributed by atoms with van der Waals surface area (Å²) < 4.78 is 27.5. The third kappa shape index (κ3) is 6.14. The molecule has 2 heterocycles. The third-order valence-corrected chi connectivity index (χ3v) is 6.44. The van der Waals surface area contributed by atoms with Gasteiger partial charge in [-0.3, -0.25) is 19.4 Å². The van der Waals surface area contributed by atoms with Crippen molar-refractivity contribution in [3.8, 4) is 0 Å². The Morgan fingerprint density at radius 2 is 1.73 bits per heavy atom. The predicted octanol–water partition coefficient (Wildman–Crippen LogP) is 3.04. The van der Waals surface area contributed by atoms with Crippen LogP contribution in [-0.4, -0.2) is 49.9 Å². The maximum atomic E-state index is 12.6. The van der Waals surface area contributed by atoms with Crippen molar-refractivity contribution in [3.05, 3.63) is 66.0 Å². The van der Waals surface area contributed by atoms with Gasteiger partial charge in [0.05, 0.1) is 10.6 Å². The number of carbonyl (C=O) groups excluding carboxylic acids is 1. The van der Waals surface area contributed by atoms with Crippen LogP contribution < -0.4 is 10.0 Å². The van der Waals surface area contributed by atoms with Crippen molar-refractivity contribution in [1.82, 2.24) is 15.2 Å². The second kappa shape index (κ2) is 9.86. The Bertz CT molecular complexity index is 977. The van der Waals surface area contributed by atoms with Gasteiger partial charge in [-0.25, -0.2) is 8.42 Å². The van der Waals surface area contributed by atoms with Crippen LogP contribution in [0.4, 0.5) is 5.69 Å². The van der Waals surface area contributed by atoms with Gasteiger partial charge >= 0.3 is 0 Å². The van der Waals surface area contributed by atoms with Crippen molar-refractivity contribution in [3.63, 3.8) is 0 Å². The van der Waals surface area contributed by atoms with E-state index in [1.807, 2.05) is 0 Å². The zero-order valence-corrected chi connectivity index (χ0v) is 18.2. The Balaban J connectivity index is 1.55. The molecule has 0 spiro atoms. The van der Waals surface area contributed by atoms with Gasteiger partial charge in [-0.05, 0) is 63.1 Å². The van der Waals surface area contributed by atoms with Crippen molar-refractivity contribution >= 4 is 21.6 Å². The Morgan fingerprint density at radius 1 is 1.10 bits per heavy atom. The number of amides is 1.